The predicted octanol–water partition coefficient (Wildman–Crippen LogP) is 1.60. The number of benzene rings is 1. The molecule has 1 aliphatic heterocycles. The predicted molar refractivity (Wildman–Crippen MR) is 56.7 cm³/mol. The fourth-order valence-electron chi connectivity index (χ4n) is 1.64. The third-order valence-corrected chi connectivity index (χ3v) is 2.69. The Hall–Kier alpha value is -2.05. The van der Waals surface area contributed by atoms with Crippen LogP contribution in [0, 0.1) is 0 Å². The van der Waals surface area contributed by atoms with Crippen LogP contribution in [0.25, 0.3) is 0 Å². The summed E-state index contributed by atoms with van der Waals surface area (Å²) >= 11 is 0. The Labute approximate surface area is 100 Å². The van der Waals surface area contributed by atoms with Crippen LogP contribution in [-0.2, 0) is 9.63 Å². The third kappa shape index (κ3) is 1.81. The van der Waals surface area contributed by atoms with Gasteiger partial charge in [0.05, 0.1) is 12.1 Å². The van der Waals surface area contributed by atoms with Gasteiger partial charge in [0.25, 0.3) is 5.91 Å². The van der Waals surface area contributed by atoms with E-state index in [1.807, 2.05) is 0 Å². The first-order chi connectivity index (χ1) is 8.37. The van der Waals surface area contributed by atoms with E-state index in [9.17, 15) is 18.0 Å². The van der Waals surface area contributed by atoms with Gasteiger partial charge in [0.15, 0.2) is 0 Å². The molecule has 1 aromatic rings. The Morgan fingerprint density at radius 3 is 2.39 bits per heavy atom. The molecule has 1 heterocycles. The zero-order valence-corrected chi connectivity index (χ0v) is 9.07. The summed E-state index contributed by atoms with van der Waals surface area (Å²) in [6.45, 7) is 0. The van der Waals surface area contributed by atoms with Crippen molar-refractivity contribution in [3.8, 4) is 0 Å². The van der Waals surface area contributed by atoms with Gasteiger partial charge in [-0.1, -0.05) is 35.5 Å². The monoisotopic (exact) mass is 258 g/mol. The maximum Gasteiger partial charge on any atom is 0.440 e. The molecule has 0 saturated heterocycles. The van der Waals surface area contributed by atoms with Gasteiger partial charge < -0.3 is 10.6 Å². The molecular formula is C11H9F3N2O2. The number of alkyl halides is 3. The minimum Gasteiger partial charge on any atom is -0.369 e. The van der Waals surface area contributed by atoms with Gasteiger partial charge >= 0.3 is 11.8 Å². The number of oxime groups is 1. The average Bonchev–Trinajstić information content (AvgIpc) is 2.75. The molecule has 18 heavy (non-hydrogen) atoms. The van der Waals surface area contributed by atoms with Gasteiger partial charge in [-0.2, -0.15) is 13.2 Å². The highest BCUT2D eigenvalue weighted by Crippen LogP contribution is 2.40. The van der Waals surface area contributed by atoms with Gasteiger partial charge in [0.2, 0.25) is 0 Å². The van der Waals surface area contributed by atoms with Crippen molar-refractivity contribution in [1.29, 1.82) is 0 Å². The van der Waals surface area contributed by atoms with Gasteiger partial charge in [-0.15, -0.1) is 0 Å². The summed E-state index contributed by atoms with van der Waals surface area (Å²) in [6, 6.07) is 8.17. The van der Waals surface area contributed by atoms with Crippen LogP contribution in [0.4, 0.5) is 13.2 Å². The molecule has 0 radical (unpaired) electrons. The second-order valence-corrected chi connectivity index (χ2v) is 3.86. The van der Waals surface area contributed by atoms with Crippen LogP contribution in [0.3, 0.4) is 0 Å². The molecule has 1 amide bonds. The Morgan fingerprint density at radius 2 is 1.94 bits per heavy atom. The summed E-state index contributed by atoms with van der Waals surface area (Å²) < 4.78 is 38.6. The van der Waals surface area contributed by atoms with E-state index in [2.05, 4.69) is 9.99 Å². The maximum atomic E-state index is 12.9. The number of nitrogens with zero attached hydrogens (tertiary/aromatic N) is 1. The van der Waals surface area contributed by atoms with Crippen LogP contribution in [0.15, 0.2) is 35.5 Å². The zero-order chi connectivity index (χ0) is 13.4. The van der Waals surface area contributed by atoms with E-state index in [-0.39, 0.29) is 5.71 Å². The number of hydrogen-bond donors (Lipinski definition) is 1. The summed E-state index contributed by atoms with van der Waals surface area (Å²) in [5.41, 5.74) is 2.26. The van der Waals surface area contributed by atoms with Crippen molar-refractivity contribution in [3.05, 3.63) is 35.9 Å². The van der Waals surface area contributed by atoms with Crippen molar-refractivity contribution in [2.24, 2.45) is 10.9 Å². The van der Waals surface area contributed by atoms with Crippen molar-refractivity contribution >= 4 is 11.6 Å². The second kappa shape index (κ2) is 4.01. The van der Waals surface area contributed by atoms with E-state index in [4.69, 9.17) is 5.73 Å². The standard InChI is InChI=1S/C11H9F3N2O2/c12-11(13,14)10(9(15)17)6-8(16-18-10)7-4-2-1-3-5-7/h1-5H,6H2,(H2,15,17). The van der Waals surface area contributed by atoms with E-state index in [1.54, 1.807) is 30.3 Å². The molecule has 2 N–H and O–H groups in total. The summed E-state index contributed by atoms with van der Waals surface area (Å²) in [4.78, 5) is 15.4. The highest BCUT2D eigenvalue weighted by atomic mass is 19.4. The minimum absolute atomic E-state index is 0.0479. The van der Waals surface area contributed by atoms with Crippen molar-refractivity contribution in [2.45, 2.75) is 18.2 Å². The first-order valence-corrected chi connectivity index (χ1v) is 5.04. The van der Waals surface area contributed by atoms with E-state index in [0.717, 1.165) is 0 Å². The van der Waals surface area contributed by atoms with Crippen molar-refractivity contribution in [3.63, 3.8) is 0 Å². The first-order valence-electron chi connectivity index (χ1n) is 5.04. The Bertz CT molecular complexity index is 499. The third-order valence-electron chi connectivity index (χ3n) is 2.69. The molecule has 0 aliphatic carbocycles. The van der Waals surface area contributed by atoms with Crippen molar-refractivity contribution < 1.29 is 22.8 Å². The number of amides is 1. The van der Waals surface area contributed by atoms with E-state index in [1.165, 1.54) is 0 Å². The van der Waals surface area contributed by atoms with Gasteiger partial charge in [0.1, 0.15) is 0 Å². The molecule has 1 aromatic carbocycles. The number of halogens is 3. The number of nitrogens with two attached hydrogens (primary N) is 1. The number of rotatable bonds is 2. The molecule has 0 fully saturated rings. The number of hydrogen-bond acceptors (Lipinski definition) is 3. The molecule has 0 saturated carbocycles. The molecule has 2 rings (SSSR count). The minimum atomic E-state index is -4.90. The fourth-order valence-corrected chi connectivity index (χ4v) is 1.64. The Balaban J connectivity index is 2.32. The van der Waals surface area contributed by atoms with Crippen LogP contribution in [-0.4, -0.2) is 23.4 Å². The molecule has 0 aromatic heterocycles. The lowest BCUT2D eigenvalue weighted by Crippen LogP contribution is -2.55. The van der Waals surface area contributed by atoms with Gasteiger partial charge in [-0.25, -0.2) is 0 Å². The average molecular weight is 258 g/mol. The molecule has 1 aliphatic rings. The summed E-state index contributed by atoms with van der Waals surface area (Å²) in [5.74, 6) is -1.59. The van der Waals surface area contributed by atoms with Gasteiger partial charge in [-0.05, 0) is 5.56 Å². The van der Waals surface area contributed by atoms with E-state index in [0.29, 0.717) is 5.56 Å². The van der Waals surface area contributed by atoms with Crippen LogP contribution >= 0.6 is 0 Å². The molecule has 7 heteroatoms. The lowest BCUT2D eigenvalue weighted by Gasteiger charge is -2.25. The quantitative estimate of drug-likeness (QED) is 0.875. The maximum absolute atomic E-state index is 12.9. The van der Waals surface area contributed by atoms with E-state index >= 15 is 0 Å². The second-order valence-electron chi connectivity index (χ2n) is 3.86. The lowest BCUT2D eigenvalue weighted by molar-refractivity contribution is -0.257. The Kier molecular flexibility index (Phi) is 2.76. The molecule has 1 unspecified atom stereocenters. The smallest absolute Gasteiger partial charge is 0.369 e. The van der Waals surface area contributed by atoms with Crippen LogP contribution < -0.4 is 5.73 Å². The summed E-state index contributed by atoms with van der Waals surface area (Å²) in [6.07, 6.45) is -5.62. The van der Waals surface area contributed by atoms with Crippen molar-refractivity contribution in [2.75, 3.05) is 0 Å². The molecule has 0 bridgehead atoms. The number of carbonyl (C=O) groups is 1. The zero-order valence-electron chi connectivity index (χ0n) is 9.07. The molecule has 4 nitrogen and oxygen atoms in total. The topological polar surface area (TPSA) is 64.7 Å². The molecular weight excluding hydrogens is 249 g/mol. The molecule has 0 spiro atoms. The SMILES string of the molecule is NC(=O)C1(C(F)(F)F)CC(c2ccccc2)=NO1. The largest absolute Gasteiger partial charge is 0.440 e. The first kappa shape index (κ1) is 12.4. The van der Waals surface area contributed by atoms with Crippen LogP contribution in [0.2, 0.25) is 0 Å². The highest BCUT2D eigenvalue weighted by Gasteiger charge is 2.65. The molecule has 1 atom stereocenters. The van der Waals surface area contributed by atoms with Gasteiger partial charge in [0, 0.05) is 0 Å². The van der Waals surface area contributed by atoms with E-state index < -0.39 is 24.1 Å². The Morgan fingerprint density at radius 1 is 1.33 bits per heavy atom. The number of primary amides is 1. The normalized spacial score (nSPS) is 23.4. The fraction of sp³-hybridized carbons (Fsp3) is 0.273. The van der Waals surface area contributed by atoms with Crippen molar-refractivity contribution in [1.82, 2.24) is 0 Å². The highest BCUT2D eigenvalue weighted by molar-refractivity contribution is 6.05. The lowest BCUT2D eigenvalue weighted by atomic mass is 9.93. The summed E-state index contributed by atoms with van der Waals surface area (Å²) in [5, 5.41) is 3.34. The van der Waals surface area contributed by atoms with Crippen LogP contribution in [0.5, 0.6) is 0 Å². The molecule has 96 valence electrons. The number of carbonyl (C=O) groups excluding carboxylic acids is 1. The van der Waals surface area contributed by atoms with Crippen LogP contribution in [0.1, 0.15) is 12.0 Å². The summed E-state index contributed by atoms with van der Waals surface area (Å²) in [7, 11) is 0. The van der Waals surface area contributed by atoms with Gasteiger partial charge in [-0.3, -0.25) is 4.79 Å².